The van der Waals surface area contributed by atoms with Gasteiger partial charge in [0.15, 0.2) is 0 Å². The average Bonchev–Trinajstić information content (AvgIpc) is 2.52. The minimum Gasteiger partial charge on any atom is -0.497 e. The van der Waals surface area contributed by atoms with E-state index in [9.17, 15) is 9.59 Å². The molecule has 3 N–H and O–H groups in total. The lowest BCUT2D eigenvalue weighted by atomic mass is 10.2. The van der Waals surface area contributed by atoms with E-state index in [1.165, 1.54) is 5.48 Å². The fraction of sp³-hybridized carbons (Fsp3) is 0.143. The number of nitrogens with one attached hydrogen (secondary N) is 2. The van der Waals surface area contributed by atoms with Crippen molar-refractivity contribution in [3.8, 4) is 17.6 Å². The molecule has 0 aliphatic rings. The highest BCUT2D eigenvalue weighted by atomic mass is 16.6. The second kappa shape index (κ2) is 9.14. The zero-order valence-electron chi connectivity index (χ0n) is 11.3. The SMILES string of the molecule is COc1cccc(C#CCONC(=O)/C=C\C(=O)NO)c1. The molecular formula is C14H14N2O5. The summed E-state index contributed by atoms with van der Waals surface area (Å²) in [6.07, 6.45) is 1.75. The number of methoxy groups -OCH3 is 1. The summed E-state index contributed by atoms with van der Waals surface area (Å²) in [5.74, 6) is 4.76. The van der Waals surface area contributed by atoms with Gasteiger partial charge in [0.25, 0.3) is 11.8 Å². The van der Waals surface area contributed by atoms with Crippen LogP contribution in [-0.2, 0) is 14.4 Å². The Balaban J connectivity index is 2.34. The topological polar surface area (TPSA) is 96.9 Å². The van der Waals surface area contributed by atoms with Crippen LogP contribution in [0, 0.1) is 11.8 Å². The summed E-state index contributed by atoms with van der Waals surface area (Å²) in [5, 5.41) is 8.20. The van der Waals surface area contributed by atoms with E-state index in [0.29, 0.717) is 5.75 Å². The monoisotopic (exact) mass is 290 g/mol. The first-order valence-electron chi connectivity index (χ1n) is 5.82. The number of ether oxygens (including phenoxy) is 1. The molecule has 0 aromatic heterocycles. The van der Waals surface area contributed by atoms with Crippen molar-refractivity contribution in [2.24, 2.45) is 0 Å². The minimum absolute atomic E-state index is 0.0248. The van der Waals surface area contributed by atoms with Crippen molar-refractivity contribution in [3.05, 3.63) is 42.0 Å². The lowest BCUT2D eigenvalue weighted by Crippen LogP contribution is -2.23. The van der Waals surface area contributed by atoms with Gasteiger partial charge in [-0.05, 0) is 18.2 Å². The molecule has 0 atom stereocenters. The lowest BCUT2D eigenvalue weighted by molar-refractivity contribution is -0.128. The number of amides is 2. The van der Waals surface area contributed by atoms with Gasteiger partial charge in [-0.15, -0.1) is 0 Å². The van der Waals surface area contributed by atoms with E-state index in [1.54, 1.807) is 19.2 Å². The van der Waals surface area contributed by atoms with E-state index < -0.39 is 11.8 Å². The molecule has 7 heteroatoms. The highest BCUT2D eigenvalue weighted by molar-refractivity contribution is 5.95. The Morgan fingerprint density at radius 3 is 2.81 bits per heavy atom. The predicted molar refractivity (Wildman–Crippen MR) is 73.0 cm³/mol. The largest absolute Gasteiger partial charge is 0.497 e. The van der Waals surface area contributed by atoms with Crippen LogP contribution in [-0.4, -0.2) is 30.7 Å². The number of hydrogen-bond donors (Lipinski definition) is 3. The van der Waals surface area contributed by atoms with Crippen LogP contribution in [0.25, 0.3) is 0 Å². The molecule has 0 aliphatic carbocycles. The van der Waals surface area contributed by atoms with Crippen molar-refractivity contribution in [2.75, 3.05) is 13.7 Å². The normalized spacial score (nSPS) is 9.62. The van der Waals surface area contributed by atoms with Gasteiger partial charge in [0.1, 0.15) is 12.4 Å². The van der Waals surface area contributed by atoms with Crippen LogP contribution in [0.3, 0.4) is 0 Å². The van der Waals surface area contributed by atoms with Crippen molar-refractivity contribution in [3.63, 3.8) is 0 Å². The number of hydroxylamine groups is 2. The molecule has 0 fully saturated rings. The maximum absolute atomic E-state index is 11.1. The fourth-order valence-corrected chi connectivity index (χ4v) is 1.20. The molecule has 0 unspecified atom stereocenters. The van der Waals surface area contributed by atoms with E-state index in [2.05, 4.69) is 17.3 Å². The molecule has 0 heterocycles. The summed E-state index contributed by atoms with van der Waals surface area (Å²) >= 11 is 0. The molecule has 2 amide bonds. The maximum atomic E-state index is 11.1. The van der Waals surface area contributed by atoms with Crippen LogP contribution >= 0.6 is 0 Å². The van der Waals surface area contributed by atoms with E-state index in [0.717, 1.165) is 17.7 Å². The van der Waals surface area contributed by atoms with Gasteiger partial charge < -0.3 is 4.74 Å². The van der Waals surface area contributed by atoms with E-state index >= 15 is 0 Å². The van der Waals surface area contributed by atoms with Crippen molar-refractivity contribution < 1.29 is 24.4 Å². The van der Waals surface area contributed by atoms with Crippen LogP contribution in [0.5, 0.6) is 5.75 Å². The van der Waals surface area contributed by atoms with E-state index in [-0.39, 0.29) is 6.61 Å². The van der Waals surface area contributed by atoms with Gasteiger partial charge >= 0.3 is 0 Å². The van der Waals surface area contributed by atoms with Gasteiger partial charge in [0, 0.05) is 17.7 Å². The summed E-state index contributed by atoms with van der Waals surface area (Å²) in [4.78, 5) is 26.5. The standard InChI is InChI=1S/C14H14N2O5/c1-20-12-6-2-4-11(10-12)5-3-9-21-16-14(18)8-7-13(17)15-19/h2,4,6-8,10,19H,9H2,1H3,(H,15,17)(H,16,18)/b8-7-. The van der Waals surface area contributed by atoms with Gasteiger partial charge in [0.2, 0.25) is 0 Å². The second-order valence-electron chi connectivity index (χ2n) is 3.60. The number of rotatable bonds is 5. The first kappa shape index (κ1) is 16.2. The molecule has 0 saturated carbocycles. The van der Waals surface area contributed by atoms with Gasteiger partial charge in [-0.3, -0.25) is 19.6 Å². The molecule has 1 aromatic rings. The quantitative estimate of drug-likeness (QED) is 0.236. The summed E-state index contributed by atoms with van der Waals surface area (Å²) < 4.78 is 5.06. The Morgan fingerprint density at radius 1 is 1.33 bits per heavy atom. The molecule has 21 heavy (non-hydrogen) atoms. The van der Waals surface area contributed by atoms with Gasteiger partial charge in [-0.25, -0.2) is 11.0 Å². The third kappa shape index (κ3) is 6.77. The Morgan fingerprint density at radius 2 is 2.10 bits per heavy atom. The number of carbonyl (C=O) groups excluding carboxylic acids is 2. The smallest absolute Gasteiger partial charge is 0.267 e. The first-order chi connectivity index (χ1) is 10.2. The van der Waals surface area contributed by atoms with E-state index in [4.69, 9.17) is 14.8 Å². The molecule has 0 saturated heterocycles. The number of benzene rings is 1. The maximum Gasteiger partial charge on any atom is 0.267 e. The Kier molecular flexibility index (Phi) is 7.07. The van der Waals surface area contributed by atoms with Gasteiger partial charge in [-0.2, -0.15) is 0 Å². The van der Waals surface area contributed by atoms with Gasteiger partial charge in [-0.1, -0.05) is 17.9 Å². The highest BCUT2D eigenvalue weighted by Crippen LogP contribution is 2.10. The van der Waals surface area contributed by atoms with Gasteiger partial charge in [0.05, 0.1) is 7.11 Å². The third-order valence-electron chi connectivity index (χ3n) is 2.12. The Bertz CT molecular complexity index is 587. The van der Waals surface area contributed by atoms with Crippen molar-refractivity contribution in [1.82, 2.24) is 11.0 Å². The summed E-state index contributed by atoms with van der Waals surface area (Å²) in [7, 11) is 1.57. The molecule has 0 bridgehead atoms. The molecule has 7 nitrogen and oxygen atoms in total. The molecule has 1 rings (SSSR count). The van der Waals surface area contributed by atoms with Crippen molar-refractivity contribution in [1.29, 1.82) is 0 Å². The molecule has 0 radical (unpaired) electrons. The van der Waals surface area contributed by atoms with Crippen molar-refractivity contribution in [2.45, 2.75) is 0 Å². The zero-order valence-corrected chi connectivity index (χ0v) is 11.3. The minimum atomic E-state index is -0.817. The molecular weight excluding hydrogens is 276 g/mol. The molecule has 0 spiro atoms. The summed E-state index contributed by atoms with van der Waals surface area (Å²) in [5.41, 5.74) is 4.15. The zero-order chi connectivity index (χ0) is 15.5. The van der Waals surface area contributed by atoms with Crippen molar-refractivity contribution >= 4 is 11.8 Å². The van der Waals surface area contributed by atoms with Crippen LogP contribution in [0.2, 0.25) is 0 Å². The first-order valence-corrected chi connectivity index (χ1v) is 5.82. The van der Waals surface area contributed by atoms with Crippen LogP contribution in [0.4, 0.5) is 0 Å². The predicted octanol–water partition coefficient (Wildman–Crippen LogP) is 0.156. The molecule has 1 aromatic carbocycles. The van der Waals surface area contributed by atoms with Crippen LogP contribution in [0.1, 0.15) is 5.56 Å². The highest BCUT2D eigenvalue weighted by Gasteiger charge is 1.96. The van der Waals surface area contributed by atoms with Crippen LogP contribution < -0.4 is 15.7 Å². The average molecular weight is 290 g/mol. The summed E-state index contributed by atoms with van der Waals surface area (Å²) in [6, 6.07) is 7.19. The molecule has 110 valence electrons. The Labute approximate surface area is 121 Å². The molecule has 0 aliphatic heterocycles. The third-order valence-corrected chi connectivity index (χ3v) is 2.12. The van der Waals surface area contributed by atoms with E-state index in [1.807, 2.05) is 12.1 Å². The second-order valence-corrected chi connectivity index (χ2v) is 3.60. The summed E-state index contributed by atoms with van der Waals surface area (Å²) in [6.45, 7) is -0.0248. The lowest BCUT2D eigenvalue weighted by Gasteiger charge is -1.99. The number of carbonyl (C=O) groups is 2. The number of hydrogen-bond acceptors (Lipinski definition) is 5. The Hall–Kier alpha value is -2.82. The fourth-order valence-electron chi connectivity index (χ4n) is 1.20. The van der Waals surface area contributed by atoms with Crippen LogP contribution in [0.15, 0.2) is 36.4 Å².